The van der Waals surface area contributed by atoms with Gasteiger partial charge in [-0.3, -0.25) is 24.5 Å². The molecule has 0 bridgehead atoms. The lowest BCUT2D eigenvalue weighted by molar-refractivity contribution is 0.307. The van der Waals surface area contributed by atoms with Crippen LogP contribution in [0, 0.1) is 0 Å². The van der Waals surface area contributed by atoms with Crippen LogP contribution in [0.15, 0.2) is 182 Å². The van der Waals surface area contributed by atoms with E-state index in [1.165, 1.54) is 0 Å². The minimum Gasteiger partial charge on any atom is -0.487 e. The van der Waals surface area contributed by atoms with Crippen LogP contribution in [-0.2, 0) is 6.61 Å². The van der Waals surface area contributed by atoms with Gasteiger partial charge in [-0.2, -0.15) is 9.97 Å². The summed E-state index contributed by atoms with van der Waals surface area (Å²) in [6.07, 6.45) is 8.78. The molecule has 284 valence electrons. The largest absolute Gasteiger partial charge is 0.487 e. The molecule has 11 aromatic rings. The maximum Gasteiger partial charge on any atom is 0.238 e. The summed E-state index contributed by atoms with van der Waals surface area (Å²) in [7, 11) is 0. The van der Waals surface area contributed by atoms with Gasteiger partial charge in [-0.1, -0.05) is 72.8 Å². The Balaban J connectivity index is 1.14. The summed E-state index contributed by atoms with van der Waals surface area (Å²) in [4.78, 5) is 32.7. The van der Waals surface area contributed by atoms with Crippen molar-refractivity contribution < 1.29 is 4.74 Å². The first-order chi connectivity index (χ1) is 29.7. The van der Waals surface area contributed by atoms with Crippen molar-refractivity contribution in [3.63, 3.8) is 0 Å². The molecule has 11 rings (SSSR count). The third-order valence-electron chi connectivity index (χ3n) is 10.8. The summed E-state index contributed by atoms with van der Waals surface area (Å²) in [6, 6.07) is 49.5. The highest BCUT2D eigenvalue weighted by Gasteiger charge is 2.24. The predicted octanol–water partition coefficient (Wildman–Crippen LogP) is 11.2. The number of nitrogens with zero attached hydrogens (tertiary/aromatic N) is 9. The van der Waals surface area contributed by atoms with E-state index in [9.17, 15) is 0 Å². The zero-order valence-electron chi connectivity index (χ0n) is 32.1. The number of hydrogen-bond acceptors (Lipinski definition) is 8. The Hall–Kier alpha value is -8.37. The third-order valence-corrected chi connectivity index (χ3v) is 10.8. The van der Waals surface area contributed by atoms with E-state index in [4.69, 9.17) is 19.7 Å². The van der Waals surface area contributed by atoms with Gasteiger partial charge in [0, 0.05) is 63.8 Å². The van der Waals surface area contributed by atoms with Gasteiger partial charge in [0.2, 0.25) is 5.95 Å². The third kappa shape index (κ3) is 5.93. The van der Waals surface area contributed by atoms with Crippen LogP contribution in [-0.4, -0.2) is 45.8 Å². The molecule has 6 aromatic heterocycles. The summed E-state index contributed by atoms with van der Waals surface area (Å²) >= 11 is 0. The van der Waals surface area contributed by atoms with Gasteiger partial charge in [0.15, 0.2) is 11.6 Å². The number of benzene rings is 5. The van der Waals surface area contributed by atoms with E-state index in [1.807, 2.05) is 54.6 Å². The minimum atomic E-state index is 0.401. The number of hydrogen-bond donors (Lipinski definition) is 0. The van der Waals surface area contributed by atoms with Crippen molar-refractivity contribution in [1.29, 1.82) is 0 Å². The molecule has 0 spiro atoms. The Labute approximate surface area is 343 Å². The Morgan fingerprint density at radius 1 is 0.533 bits per heavy atom. The maximum absolute atomic E-state index is 6.17. The molecule has 5 aromatic carbocycles. The van der Waals surface area contributed by atoms with Crippen molar-refractivity contribution in [2.75, 3.05) is 0 Å². The molecule has 60 heavy (non-hydrogen) atoms. The fourth-order valence-electron chi connectivity index (χ4n) is 8.08. The summed E-state index contributed by atoms with van der Waals surface area (Å²) in [5.74, 6) is 2.11. The number of aliphatic imine (C=N–C) groups is 1. The van der Waals surface area contributed by atoms with Crippen LogP contribution in [0.4, 0.5) is 5.69 Å². The van der Waals surface area contributed by atoms with E-state index in [1.54, 1.807) is 31.0 Å². The summed E-state index contributed by atoms with van der Waals surface area (Å²) < 4.78 is 10.7. The smallest absolute Gasteiger partial charge is 0.238 e. The van der Waals surface area contributed by atoms with Crippen LogP contribution in [0.5, 0.6) is 5.75 Å². The Morgan fingerprint density at radius 3 is 2.00 bits per heavy atom. The fourth-order valence-corrected chi connectivity index (χ4v) is 8.08. The monoisotopic (exact) mass is 775 g/mol. The number of para-hydroxylation sites is 2. The van der Waals surface area contributed by atoms with Crippen molar-refractivity contribution in [3.8, 4) is 51.4 Å². The molecule has 0 saturated carbocycles. The van der Waals surface area contributed by atoms with Crippen molar-refractivity contribution >= 4 is 56.0 Å². The molecular formula is C50H33N9O. The lowest BCUT2D eigenvalue weighted by Gasteiger charge is -2.14. The first-order valence-electron chi connectivity index (χ1n) is 19.5. The van der Waals surface area contributed by atoms with Gasteiger partial charge < -0.3 is 9.30 Å². The lowest BCUT2D eigenvalue weighted by Crippen LogP contribution is -2.07. The number of ether oxygens (including phenoxy) is 1. The Kier molecular flexibility index (Phi) is 8.44. The highest BCUT2D eigenvalue weighted by atomic mass is 16.5. The quantitative estimate of drug-likeness (QED) is 0.134. The first kappa shape index (κ1) is 34.8. The van der Waals surface area contributed by atoms with E-state index >= 15 is 0 Å². The van der Waals surface area contributed by atoms with E-state index in [2.05, 4.69) is 127 Å². The van der Waals surface area contributed by atoms with E-state index in [0.717, 1.165) is 71.6 Å². The highest BCUT2D eigenvalue weighted by molar-refractivity contribution is 6.23. The van der Waals surface area contributed by atoms with E-state index in [-0.39, 0.29) is 0 Å². The molecule has 0 aliphatic heterocycles. The van der Waals surface area contributed by atoms with Gasteiger partial charge in [-0.15, -0.1) is 0 Å². The number of pyridine rings is 3. The summed E-state index contributed by atoms with van der Waals surface area (Å²) in [6.45, 7) is 4.27. The van der Waals surface area contributed by atoms with Crippen molar-refractivity contribution in [3.05, 3.63) is 182 Å². The van der Waals surface area contributed by atoms with Gasteiger partial charge in [0.25, 0.3) is 0 Å². The zero-order chi connectivity index (χ0) is 40.0. The SMILES string of the molecule is C=Nc1cc(-c2cccc(-n3c4ccccc4c4ccc5c6ccccc6n(-c6nc(-c7cccnc7)nc(-c7ccccn7)n6)c5c43)c2)ccc1OCc1ccncc1. The van der Waals surface area contributed by atoms with Crippen LogP contribution >= 0.6 is 0 Å². The van der Waals surface area contributed by atoms with Crippen LogP contribution in [0.2, 0.25) is 0 Å². The maximum atomic E-state index is 6.17. The van der Waals surface area contributed by atoms with Crippen LogP contribution in [0.1, 0.15) is 5.56 Å². The molecule has 0 unspecified atom stereocenters. The second-order valence-electron chi connectivity index (χ2n) is 14.3. The van der Waals surface area contributed by atoms with Gasteiger partial charge in [0.1, 0.15) is 23.7 Å². The molecule has 6 heterocycles. The van der Waals surface area contributed by atoms with Gasteiger partial charge >= 0.3 is 0 Å². The molecular weight excluding hydrogens is 743 g/mol. The second-order valence-corrected chi connectivity index (χ2v) is 14.3. The lowest BCUT2D eigenvalue weighted by atomic mass is 10.0. The molecule has 0 radical (unpaired) electrons. The first-order valence-corrected chi connectivity index (χ1v) is 19.5. The fraction of sp³-hybridized carbons (Fsp3) is 0.0200. The second kappa shape index (κ2) is 14.5. The summed E-state index contributed by atoms with van der Waals surface area (Å²) in [5, 5.41) is 4.39. The summed E-state index contributed by atoms with van der Waals surface area (Å²) in [5.41, 5.74) is 10.2. The van der Waals surface area contributed by atoms with E-state index in [0.29, 0.717) is 41.3 Å². The minimum absolute atomic E-state index is 0.401. The van der Waals surface area contributed by atoms with Crippen LogP contribution in [0.3, 0.4) is 0 Å². The van der Waals surface area contributed by atoms with Crippen molar-refractivity contribution in [1.82, 2.24) is 39.0 Å². The Bertz CT molecular complexity index is 3340. The van der Waals surface area contributed by atoms with E-state index < -0.39 is 0 Å². The molecule has 0 N–H and O–H groups in total. The number of fused-ring (bicyclic) bond motifs is 7. The normalized spacial score (nSPS) is 11.5. The predicted molar refractivity (Wildman–Crippen MR) is 238 cm³/mol. The van der Waals surface area contributed by atoms with Gasteiger partial charge in [0.05, 0.1) is 22.1 Å². The molecule has 0 fully saturated rings. The van der Waals surface area contributed by atoms with Crippen molar-refractivity contribution in [2.45, 2.75) is 6.61 Å². The van der Waals surface area contributed by atoms with Gasteiger partial charge in [-0.05, 0) is 96.2 Å². The molecule has 0 aliphatic rings. The van der Waals surface area contributed by atoms with Crippen molar-refractivity contribution in [2.24, 2.45) is 4.99 Å². The highest BCUT2D eigenvalue weighted by Crippen LogP contribution is 2.42. The molecule has 10 heteroatoms. The number of rotatable bonds is 9. The standard InChI is InChI=1S/C50H33N9O/c1-51-42-29-34(18-21-45(42)60-31-32-22-26-52-27-23-32)33-10-8-12-36(28-33)58-43-16-4-2-13-37(43)39-19-20-40-38-14-3-5-17-44(38)59(47(40)46(39)58)50-56-48(35-11-9-24-53-30-35)55-49(57-50)41-15-6-7-25-54-41/h2-30H,1,31H2. The topological polar surface area (TPSA) is 109 Å². The number of aromatic nitrogens is 8. The average Bonchev–Trinajstić information content (AvgIpc) is 3.85. The molecule has 0 aliphatic carbocycles. The van der Waals surface area contributed by atoms with Crippen LogP contribution in [0.25, 0.3) is 89.3 Å². The molecule has 0 amide bonds. The molecule has 10 nitrogen and oxygen atoms in total. The average molecular weight is 776 g/mol. The zero-order valence-corrected chi connectivity index (χ0v) is 32.1. The molecule has 0 atom stereocenters. The Morgan fingerprint density at radius 2 is 1.25 bits per heavy atom. The van der Waals surface area contributed by atoms with Crippen LogP contribution < -0.4 is 4.74 Å². The molecule has 0 saturated heterocycles. The van der Waals surface area contributed by atoms with Gasteiger partial charge in [-0.25, -0.2) is 4.98 Å².